The molecule has 0 bridgehead atoms. The molecule has 0 radical (unpaired) electrons. The molecule has 55 heavy (non-hydrogen) atoms. The molecule has 0 aliphatic heterocycles. The summed E-state index contributed by atoms with van der Waals surface area (Å²) in [5.74, 6) is 0. The average Bonchev–Trinajstić information content (AvgIpc) is 3.90. The molecule has 11 aromatic rings. The van der Waals surface area contributed by atoms with E-state index >= 15 is 0 Å². The summed E-state index contributed by atoms with van der Waals surface area (Å²) in [6.45, 7) is 0. The summed E-state index contributed by atoms with van der Waals surface area (Å²) in [6, 6.07) is 64.4. The molecule has 5 heteroatoms. The van der Waals surface area contributed by atoms with Crippen LogP contribution in [0.15, 0.2) is 170 Å². The molecule has 0 amide bonds. The first kappa shape index (κ1) is 31.1. The summed E-state index contributed by atoms with van der Waals surface area (Å²) in [6.07, 6.45) is 0. The second-order valence-electron chi connectivity index (χ2n) is 14.0. The molecule has 11 rings (SSSR count). The monoisotopic (exact) mass is 716 g/mol. The highest BCUT2D eigenvalue weighted by molar-refractivity contribution is 7.26. The molecule has 0 unspecified atom stereocenters. The van der Waals surface area contributed by atoms with Crippen LogP contribution in [0.1, 0.15) is 11.1 Å². The average molecular weight is 717 g/mol. The number of rotatable bonds is 4. The summed E-state index contributed by atoms with van der Waals surface area (Å²) in [5.41, 5.74) is 12.2. The van der Waals surface area contributed by atoms with Crippen LogP contribution in [0.5, 0.6) is 0 Å². The Morgan fingerprint density at radius 3 is 1.55 bits per heavy atom. The van der Waals surface area contributed by atoms with Gasteiger partial charge in [-0.05, 0) is 107 Å². The molecule has 3 aromatic heterocycles. The van der Waals surface area contributed by atoms with E-state index in [0.717, 1.165) is 55.4 Å². The van der Waals surface area contributed by atoms with Gasteiger partial charge in [0.05, 0.1) is 45.3 Å². The molecule has 0 saturated heterocycles. The molecule has 0 saturated carbocycles. The predicted octanol–water partition coefficient (Wildman–Crippen LogP) is 13.3. The third-order valence-corrected chi connectivity index (χ3v) is 12.1. The number of para-hydroxylation sites is 1. The van der Waals surface area contributed by atoms with E-state index in [2.05, 4.69) is 155 Å². The Hall–Kier alpha value is -7.44. The standard InChI is InChI=1S/C50H28N4S/c51-29-31-19-21-44-41(25-31)42-26-32(30-52)20-22-45(42)53(44)35-11-7-9-33(27-35)37-13-1-2-14-38(37)34-10-8-12-36(28-34)54-43-17-5-3-15-39(43)49-46(54)23-24-48-50(49)40-16-4-6-18-47(40)55-48/h1-28H. The minimum absolute atomic E-state index is 0.591. The van der Waals surface area contributed by atoms with E-state index < -0.39 is 0 Å². The van der Waals surface area contributed by atoms with E-state index in [1.165, 1.54) is 42.0 Å². The highest BCUT2D eigenvalue weighted by Gasteiger charge is 2.19. The maximum atomic E-state index is 9.69. The molecule has 0 spiro atoms. The minimum Gasteiger partial charge on any atom is -0.309 e. The molecule has 0 atom stereocenters. The van der Waals surface area contributed by atoms with Crippen LogP contribution in [0.3, 0.4) is 0 Å². The second-order valence-corrected chi connectivity index (χ2v) is 15.0. The Kier molecular flexibility index (Phi) is 6.82. The fourth-order valence-electron chi connectivity index (χ4n) is 8.60. The number of aromatic nitrogens is 2. The maximum Gasteiger partial charge on any atom is 0.0991 e. The van der Waals surface area contributed by atoms with E-state index in [4.69, 9.17) is 0 Å². The molecule has 3 heterocycles. The molecule has 8 aromatic carbocycles. The lowest BCUT2D eigenvalue weighted by Gasteiger charge is -2.15. The first-order valence-corrected chi connectivity index (χ1v) is 19.0. The fraction of sp³-hybridized carbons (Fsp3) is 0. The van der Waals surface area contributed by atoms with Crippen molar-refractivity contribution in [3.05, 3.63) is 181 Å². The van der Waals surface area contributed by atoms with Gasteiger partial charge in [-0.2, -0.15) is 10.5 Å². The summed E-state index contributed by atoms with van der Waals surface area (Å²) in [4.78, 5) is 0. The Labute approximate surface area is 320 Å². The quantitative estimate of drug-likeness (QED) is 0.182. The van der Waals surface area contributed by atoms with Gasteiger partial charge in [0.25, 0.3) is 0 Å². The SMILES string of the molecule is N#Cc1ccc2c(c1)c1cc(C#N)ccc1n2-c1cccc(-c2ccccc2-c2cccc(-n3c4ccccc4c4c5c(ccc43)sc3ccccc35)c2)c1. The van der Waals surface area contributed by atoms with E-state index in [1.54, 1.807) is 0 Å². The van der Waals surface area contributed by atoms with Crippen molar-refractivity contribution in [2.24, 2.45) is 0 Å². The van der Waals surface area contributed by atoms with Crippen LogP contribution in [0, 0.1) is 22.7 Å². The van der Waals surface area contributed by atoms with Crippen molar-refractivity contribution in [1.82, 2.24) is 9.13 Å². The largest absolute Gasteiger partial charge is 0.309 e. The number of nitrogens with zero attached hydrogens (tertiary/aromatic N) is 4. The molecule has 0 N–H and O–H groups in total. The predicted molar refractivity (Wildman–Crippen MR) is 228 cm³/mol. The van der Waals surface area contributed by atoms with Gasteiger partial charge in [-0.15, -0.1) is 11.3 Å². The van der Waals surface area contributed by atoms with Crippen LogP contribution >= 0.6 is 11.3 Å². The normalized spacial score (nSPS) is 11.6. The van der Waals surface area contributed by atoms with Crippen molar-refractivity contribution in [1.29, 1.82) is 10.5 Å². The van der Waals surface area contributed by atoms with Gasteiger partial charge in [0.15, 0.2) is 0 Å². The number of hydrogen-bond donors (Lipinski definition) is 0. The van der Waals surface area contributed by atoms with Crippen molar-refractivity contribution in [3.8, 4) is 45.8 Å². The summed E-state index contributed by atoms with van der Waals surface area (Å²) < 4.78 is 7.27. The van der Waals surface area contributed by atoms with Gasteiger partial charge < -0.3 is 9.13 Å². The smallest absolute Gasteiger partial charge is 0.0991 e. The van der Waals surface area contributed by atoms with Crippen molar-refractivity contribution < 1.29 is 0 Å². The Morgan fingerprint density at radius 2 is 0.909 bits per heavy atom. The van der Waals surface area contributed by atoms with Crippen molar-refractivity contribution in [2.75, 3.05) is 0 Å². The zero-order valence-electron chi connectivity index (χ0n) is 29.4. The fourth-order valence-corrected chi connectivity index (χ4v) is 9.72. The number of fused-ring (bicyclic) bond motifs is 10. The molecule has 0 aliphatic carbocycles. The molecule has 0 aliphatic rings. The number of benzene rings is 8. The van der Waals surface area contributed by atoms with Crippen LogP contribution in [0.4, 0.5) is 0 Å². The van der Waals surface area contributed by atoms with Crippen LogP contribution in [0.25, 0.3) is 97.4 Å². The lowest BCUT2D eigenvalue weighted by Crippen LogP contribution is -1.96. The first-order valence-electron chi connectivity index (χ1n) is 18.2. The Balaban J connectivity index is 1.08. The Morgan fingerprint density at radius 1 is 0.382 bits per heavy atom. The van der Waals surface area contributed by atoms with Crippen molar-refractivity contribution in [2.45, 2.75) is 0 Å². The van der Waals surface area contributed by atoms with Crippen LogP contribution < -0.4 is 0 Å². The third-order valence-electron chi connectivity index (χ3n) is 11.0. The zero-order valence-corrected chi connectivity index (χ0v) is 30.2. The van der Waals surface area contributed by atoms with Gasteiger partial charge in [0, 0.05) is 53.1 Å². The molecule has 254 valence electrons. The number of hydrogen-bond acceptors (Lipinski definition) is 3. The molecule has 0 fully saturated rings. The maximum absolute atomic E-state index is 9.69. The van der Waals surface area contributed by atoms with E-state index in [-0.39, 0.29) is 0 Å². The number of nitriles is 2. The van der Waals surface area contributed by atoms with E-state index in [0.29, 0.717) is 11.1 Å². The second kappa shape index (κ2) is 12.0. The highest BCUT2D eigenvalue weighted by atomic mass is 32.1. The van der Waals surface area contributed by atoms with Crippen LogP contribution in [-0.4, -0.2) is 9.13 Å². The summed E-state index contributed by atoms with van der Waals surface area (Å²) in [7, 11) is 0. The molecular formula is C50H28N4S. The topological polar surface area (TPSA) is 57.4 Å². The van der Waals surface area contributed by atoms with Gasteiger partial charge in [0.2, 0.25) is 0 Å². The Bertz CT molecular complexity index is 3400. The lowest BCUT2D eigenvalue weighted by molar-refractivity contribution is 1.18. The lowest BCUT2D eigenvalue weighted by atomic mass is 9.94. The third kappa shape index (κ3) is 4.68. The van der Waals surface area contributed by atoms with Gasteiger partial charge in [0.1, 0.15) is 0 Å². The van der Waals surface area contributed by atoms with Crippen molar-refractivity contribution >= 4 is 75.1 Å². The number of thiophene rings is 1. The van der Waals surface area contributed by atoms with E-state index in [9.17, 15) is 10.5 Å². The minimum atomic E-state index is 0.591. The summed E-state index contributed by atoms with van der Waals surface area (Å²) >= 11 is 1.86. The van der Waals surface area contributed by atoms with Gasteiger partial charge in [-0.25, -0.2) is 0 Å². The molecular weight excluding hydrogens is 689 g/mol. The zero-order chi connectivity index (χ0) is 36.6. The van der Waals surface area contributed by atoms with Gasteiger partial charge >= 0.3 is 0 Å². The summed E-state index contributed by atoms with van der Waals surface area (Å²) in [5, 5.41) is 26.5. The van der Waals surface area contributed by atoms with Gasteiger partial charge in [-0.3, -0.25) is 0 Å². The molecule has 4 nitrogen and oxygen atoms in total. The van der Waals surface area contributed by atoms with Gasteiger partial charge in [-0.1, -0.05) is 84.9 Å². The van der Waals surface area contributed by atoms with E-state index in [1.807, 2.05) is 47.7 Å². The van der Waals surface area contributed by atoms with Crippen LogP contribution in [-0.2, 0) is 0 Å². The van der Waals surface area contributed by atoms with Crippen molar-refractivity contribution in [3.63, 3.8) is 0 Å². The van der Waals surface area contributed by atoms with Crippen LogP contribution in [0.2, 0.25) is 0 Å². The first-order chi connectivity index (χ1) is 27.2. The highest BCUT2D eigenvalue weighted by Crippen LogP contribution is 2.44.